The first kappa shape index (κ1) is 26.1. The predicted molar refractivity (Wildman–Crippen MR) is 143 cm³/mol. The average Bonchev–Trinajstić information content (AvgIpc) is 3.71. The first-order valence-corrected chi connectivity index (χ1v) is 13.7. The van der Waals surface area contributed by atoms with Gasteiger partial charge in [-0.2, -0.15) is 0 Å². The Labute approximate surface area is 226 Å². The van der Waals surface area contributed by atoms with E-state index in [1.165, 1.54) is 0 Å². The molecule has 1 fully saturated rings. The van der Waals surface area contributed by atoms with E-state index >= 15 is 0 Å². The minimum atomic E-state index is -0.114. The van der Waals surface area contributed by atoms with Crippen molar-refractivity contribution in [2.24, 2.45) is 0 Å². The number of amides is 2. The number of fused-ring (bicyclic) bond motifs is 1. The van der Waals surface area contributed by atoms with Gasteiger partial charge in [-0.05, 0) is 59.7 Å². The maximum atomic E-state index is 13.8. The molecule has 1 saturated heterocycles. The molecule has 1 atom stereocenters. The van der Waals surface area contributed by atoms with Crippen LogP contribution in [0.2, 0.25) is 0 Å². The SMILES string of the molecule is COc1ccc(CC(=O)N(CC(=O)N(Cc2ccc3c(c2)OCO3)Cc2cccs2)CC2CCCO2)cc1. The zero-order valence-corrected chi connectivity index (χ0v) is 22.3. The summed E-state index contributed by atoms with van der Waals surface area (Å²) >= 11 is 1.61. The summed E-state index contributed by atoms with van der Waals surface area (Å²) < 4.78 is 22.0. The minimum Gasteiger partial charge on any atom is -0.497 e. The van der Waals surface area contributed by atoms with Crippen molar-refractivity contribution in [2.75, 3.05) is 33.6 Å². The molecule has 2 aliphatic rings. The quantitative estimate of drug-likeness (QED) is 0.364. The molecule has 0 saturated carbocycles. The van der Waals surface area contributed by atoms with Crippen LogP contribution in [0.25, 0.3) is 0 Å². The van der Waals surface area contributed by atoms with E-state index in [2.05, 4.69) is 0 Å². The molecule has 1 aromatic heterocycles. The fourth-order valence-electron chi connectivity index (χ4n) is 4.66. The van der Waals surface area contributed by atoms with Crippen molar-refractivity contribution in [3.63, 3.8) is 0 Å². The fraction of sp³-hybridized carbons (Fsp3) is 0.379. The number of thiophene rings is 1. The van der Waals surface area contributed by atoms with Crippen LogP contribution < -0.4 is 14.2 Å². The van der Waals surface area contributed by atoms with Gasteiger partial charge < -0.3 is 28.7 Å². The van der Waals surface area contributed by atoms with Gasteiger partial charge >= 0.3 is 0 Å². The Morgan fingerprint density at radius 3 is 2.53 bits per heavy atom. The van der Waals surface area contributed by atoms with Crippen LogP contribution in [0.5, 0.6) is 17.2 Å². The first-order chi connectivity index (χ1) is 18.6. The summed E-state index contributed by atoms with van der Waals surface area (Å²) in [6, 6.07) is 17.2. The van der Waals surface area contributed by atoms with Crippen LogP contribution in [0.1, 0.15) is 28.8 Å². The van der Waals surface area contributed by atoms with E-state index in [1.807, 2.05) is 60.0 Å². The van der Waals surface area contributed by atoms with E-state index in [0.717, 1.165) is 34.6 Å². The highest BCUT2D eigenvalue weighted by Crippen LogP contribution is 2.33. The second-order valence-corrected chi connectivity index (χ2v) is 10.5. The van der Waals surface area contributed by atoms with Gasteiger partial charge in [-0.15, -0.1) is 11.3 Å². The molecule has 8 nitrogen and oxygen atoms in total. The van der Waals surface area contributed by atoms with Crippen LogP contribution in [0.3, 0.4) is 0 Å². The molecule has 0 bridgehead atoms. The van der Waals surface area contributed by atoms with Crippen LogP contribution in [0.4, 0.5) is 0 Å². The fourth-order valence-corrected chi connectivity index (χ4v) is 5.38. The molecular formula is C29H32N2O6S. The summed E-state index contributed by atoms with van der Waals surface area (Å²) in [4.78, 5) is 31.7. The number of benzene rings is 2. The number of methoxy groups -OCH3 is 1. The first-order valence-electron chi connectivity index (χ1n) is 12.8. The predicted octanol–water partition coefficient (Wildman–Crippen LogP) is 4.26. The number of carbonyl (C=O) groups is 2. The zero-order chi connectivity index (χ0) is 26.3. The topological polar surface area (TPSA) is 77.5 Å². The van der Waals surface area contributed by atoms with Crippen molar-refractivity contribution in [2.45, 2.75) is 38.5 Å². The number of hydrogen-bond donors (Lipinski definition) is 0. The van der Waals surface area contributed by atoms with Crippen molar-refractivity contribution in [1.82, 2.24) is 9.80 Å². The molecule has 9 heteroatoms. The Kier molecular flexibility index (Phi) is 8.45. The highest BCUT2D eigenvalue weighted by Gasteiger charge is 2.27. The van der Waals surface area contributed by atoms with Gasteiger partial charge in [0, 0.05) is 24.6 Å². The summed E-state index contributed by atoms with van der Waals surface area (Å²) in [5.74, 6) is 1.91. The van der Waals surface area contributed by atoms with E-state index in [1.54, 1.807) is 28.2 Å². The van der Waals surface area contributed by atoms with Gasteiger partial charge in [0.2, 0.25) is 18.6 Å². The molecule has 2 amide bonds. The minimum absolute atomic E-state index is 0.00915. The maximum Gasteiger partial charge on any atom is 0.242 e. The van der Waals surface area contributed by atoms with Crippen LogP contribution in [0, 0.1) is 0 Å². The summed E-state index contributed by atoms with van der Waals surface area (Å²) in [7, 11) is 1.61. The third-order valence-corrected chi connectivity index (χ3v) is 7.59. The Balaban J connectivity index is 1.32. The monoisotopic (exact) mass is 536 g/mol. The summed E-state index contributed by atoms with van der Waals surface area (Å²) in [6.07, 6.45) is 2.00. The third-order valence-electron chi connectivity index (χ3n) is 6.73. The highest BCUT2D eigenvalue weighted by atomic mass is 32.1. The van der Waals surface area contributed by atoms with Gasteiger partial charge in [-0.3, -0.25) is 9.59 Å². The largest absolute Gasteiger partial charge is 0.497 e. The maximum absolute atomic E-state index is 13.8. The van der Waals surface area contributed by atoms with Gasteiger partial charge in [-0.1, -0.05) is 24.3 Å². The smallest absolute Gasteiger partial charge is 0.242 e. The van der Waals surface area contributed by atoms with E-state index < -0.39 is 0 Å². The summed E-state index contributed by atoms with van der Waals surface area (Å²) in [6.45, 7) is 2.14. The number of rotatable bonds is 11. The zero-order valence-electron chi connectivity index (χ0n) is 21.5. The van der Waals surface area contributed by atoms with Crippen molar-refractivity contribution in [3.05, 3.63) is 76.0 Å². The molecular weight excluding hydrogens is 504 g/mol. The molecule has 200 valence electrons. The second kappa shape index (κ2) is 12.3. The van der Waals surface area contributed by atoms with E-state index in [4.69, 9.17) is 18.9 Å². The standard InChI is InChI=1S/C29H32N2O6S/c1-34-23-9-6-21(7-10-23)15-28(32)31(17-24-4-2-12-35-24)19-29(33)30(18-25-5-3-13-38-25)16-22-8-11-26-27(14-22)37-20-36-26/h3,5-11,13-14,24H,2,4,12,15-20H2,1H3. The van der Waals surface area contributed by atoms with Crippen LogP contribution in [-0.2, 0) is 33.8 Å². The van der Waals surface area contributed by atoms with Crippen molar-refractivity contribution in [3.8, 4) is 17.2 Å². The molecule has 0 radical (unpaired) electrons. The Bertz CT molecular complexity index is 1220. The summed E-state index contributed by atoms with van der Waals surface area (Å²) in [5.41, 5.74) is 1.81. The molecule has 2 aliphatic heterocycles. The van der Waals surface area contributed by atoms with Gasteiger partial charge in [-0.25, -0.2) is 0 Å². The van der Waals surface area contributed by atoms with Gasteiger partial charge in [0.1, 0.15) is 5.75 Å². The van der Waals surface area contributed by atoms with Crippen LogP contribution in [-0.4, -0.2) is 61.3 Å². The highest BCUT2D eigenvalue weighted by molar-refractivity contribution is 7.09. The average molecular weight is 537 g/mol. The lowest BCUT2D eigenvalue weighted by Crippen LogP contribution is -2.45. The molecule has 0 aliphatic carbocycles. The lowest BCUT2D eigenvalue weighted by Gasteiger charge is -2.29. The third kappa shape index (κ3) is 6.65. The van der Waals surface area contributed by atoms with Crippen molar-refractivity contribution >= 4 is 23.2 Å². The number of ether oxygens (including phenoxy) is 4. The Hall–Kier alpha value is -3.56. The van der Waals surface area contributed by atoms with Gasteiger partial charge in [0.15, 0.2) is 11.5 Å². The molecule has 0 N–H and O–H groups in total. The second-order valence-electron chi connectivity index (χ2n) is 9.45. The van der Waals surface area contributed by atoms with Crippen LogP contribution >= 0.6 is 11.3 Å². The molecule has 0 spiro atoms. The molecule has 38 heavy (non-hydrogen) atoms. The van der Waals surface area contributed by atoms with Gasteiger partial charge in [0.25, 0.3) is 0 Å². The molecule has 3 aromatic rings. The van der Waals surface area contributed by atoms with Gasteiger partial charge in [0.05, 0.1) is 32.7 Å². The summed E-state index contributed by atoms with van der Waals surface area (Å²) in [5, 5.41) is 2.00. The molecule has 2 aromatic carbocycles. The van der Waals surface area contributed by atoms with Crippen molar-refractivity contribution in [1.29, 1.82) is 0 Å². The molecule has 3 heterocycles. The number of nitrogens with zero attached hydrogens (tertiary/aromatic N) is 2. The van der Waals surface area contributed by atoms with E-state index in [0.29, 0.717) is 37.7 Å². The van der Waals surface area contributed by atoms with Crippen LogP contribution in [0.15, 0.2) is 60.0 Å². The lowest BCUT2D eigenvalue weighted by molar-refractivity contribution is -0.142. The molecule has 1 unspecified atom stereocenters. The normalized spacial score (nSPS) is 15.9. The van der Waals surface area contributed by atoms with E-state index in [9.17, 15) is 9.59 Å². The Morgan fingerprint density at radius 2 is 1.79 bits per heavy atom. The lowest BCUT2D eigenvalue weighted by atomic mass is 10.1. The van der Waals surface area contributed by atoms with Crippen molar-refractivity contribution < 1.29 is 28.5 Å². The van der Waals surface area contributed by atoms with E-state index in [-0.39, 0.29) is 37.7 Å². The number of hydrogen-bond acceptors (Lipinski definition) is 7. The number of carbonyl (C=O) groups excluding carboxylic acids is 2. The molecule has 5 rings (SSSR count). The Morgan fingerprint density at radius 1 is 0.974 bits per heavy atom.